The number of benzene rings is 2. The molecule has 0 aliphatic rings. The van der Waals surface area contributed by atoms with Crippen molar-refractivity contribution in [3.05, 3.63) is 54.1 Å². The van der Waals surface area contributed by atoms with Gasteiger partial charge in [0.2, 0.25) is 17.7 Å². The van der Waals surface area contributed by atoms with Crippen LogP contribution in [0.4, 0.5) is 5.69 Å². The maximum atomic E-state index is 13.0. The van der Waals surface area contributed by atoms with Crippen molar-refractivity contribution >= 4 is 35.3 Å². The molecule has 0 bridgehead atoms. The number of nitrogens with two attached hydrogens (primary N) is 2. The van der Waals surface area contributed by atoms with Crippen molar-refractivity contribution in [1.29, 1.82) is 0 Å². The van der Waals surface area contributed by atoms with Gasteiger partial charge in [-0.25, -0.2) is 0 Å². The number of hydrogen-bond donors (Lipinski definition) is 6. The number of carboxylic acids is 1. The third kappa shape index (κ3) is 8.51. The monoisotopic (exact) mass is 497 g/mol. The lowest BCUT2D eigenvalue weighted by molar-refractivity contribution is -0.139. The molecule has 2 aromatic carbocycles. The average Bonchev–Trinajstić information content (AvgIpc) is 2.83. The van der Waals surface area contributed by atoms with E-state index in [0.717, 1.165) is 0 Å². The van der Waals surface area contributed by atoms with Gasteiger partial charge in [-0.15, -0.1) is 0 Å². The standard InChI is InChI=1S/C25H31N5O6/c1-15(31)28-20(9-5-6-12-26)25(36)29-17-10-11-18(19(13-17)16-7-3-2-4-8-16)24(35)30-21(23(27)34)14-22(32)33/h2-4,7-8,10-11,13,20-21H,5-6,9,12,14,26H2,1H3,(H2,27,34)(H,28,31)(H,29,36)(H,30,35)(H,32,33)/t20-,21-/m0/s1. The van der Waals surface area contributed by atoms with E-state index in [2.05, 4.69) is 16.0 Å². The Bertz CT molecular complexity index is 1110. The number of carbonyl (C=O) groups is 5. The first-order chi connectivity index (χ1) is 17.1. The highest BCUT2D eigenvalue weighted by Gasteiger charge is 2.24. The molecule has 2 aromatic rings. The minimum Gasteiger partial charge on any atom is -0.481 e. The Hall–Kier alpha value is -4.25. The van der Waals surface area contributed by atoms with E-state index in [1.165, 1.54) is 19.1 Å². The number of aliphatic carboxylic acids is 1. The first-order valence-corrected chi connectivity index (χ1v) is 11.4. The third-order valence-electron chi connectivity index (χ3n) is 5.28. The number of unbranched alkanes of at least 4 members (excludes halogenated alkanes) is 1. The van der Waals surface area contributed by atoms with Crippen LogP contribution in [0.15, 0.2) is 48.5 Å². The minimum atomic E-state index is -1.40. The quantitative estimate of drug-likeness (QED) is 0.222. The van der Waals surface area contributed by atoms with Gasteiger partial charge >= 0.3 is 5.97 Å². The van der Waals surface area contributed by atoms with Gasteiger partial charge in [-0.3, -0.25) is 24.0 Å². The zero-order valence-corrected chi connectivity index (χ0v) is 20.0. The lowest BCUT2D eigenvalue weighted by atomic mass is 9.97. The van der Waals surface area contributed by atoms with Crippen LogP contribution < -0.4 is 27.4 Å². The molecule has 0 fully saturated rings. The van der Waals surface area contributed by atoms with Crippen molar-refractivity contribution in [2.75, 3.05) is 11.9 Å². The van der Waals surface area contributed by atoms with Gasteiger partial charge < -0.3 is 32.5 Å². The van der Waals surface area contributed by atoms with Crippen molar-refractivity contribution in [2.45, 2.75) is 44.7 Å². The van der Waals surface area contributed by atoms with E-state index in [1.54, 1.807) is 36.4 Å². The molecule has 11 heteroatoms. The van der Waals surface area contributed by atoms with Crippen LogP contribution in [0.3, 0.4) is 0 Å². The summed E-state index contributed by atoms with van der Waals surface area (Å²) in [5, 5.41) is 16.8. The number of carbonyl (C=O) groups excluding carboxylic acids is 4. The lowest BCUT2D eigenvalue weighted by Gasteiger charge is -2.19. The van der Waals surface area contributed by atoms with Crippen molar-refractivity contribution in [3.8, 4) is 11.1 Å². The van der Waals surface area contributed by atoms with Crippen LogP contribution in [0.2, 0.25) is 0 Å². The SMILES string of the molecule is CC(=O)N[C@@H](CCCCN)C(=O)Nc1ccc(C(=O)N[C@@H](CC(=O)O)C(N)=O)c(-c2ccccc2)c1. The average molecular weight is 498 g/mol. The fourth-order valence-electron chi connectivity index (χ4n) is 3.55. The summed E-state index contributed by atoms with van der Waals surface area (Å²) >= 11 is 0. The molecular weight excluding hydrogens is 466 g/mol. The van der Waals surface area contributed by atoms with Gasteiger partial charge in [0.25, 0.3) is 5.91 Å². The van der Waals surface area contributed by atoms with E-state index < -0.39 is 42.2 Å². The second-order valence-corrected chi connectivity index (χ2v) is 8.18. The Morgan fingerprint density at radius 3 is 2.22 bits per heavy atom. The topological polar surface area (TPSA) is 194 Å². The molecule has 0 aliphatic heterocycles. The largest absolute Gasteiger partial charge is 0.481 e. The molecule has 0 radical (unpaired) electrons. The predicted molar refractivity (Wildman–Crippen MR) is 134 cm³/mol. The normalized spacial score (nSPS) is 12.2. The van der Waals surface area contributed by atoms with Gasteiger partial charge in [-0.2, -0.15) is 0 Å². The number of amides is 4. The van der Waals surface area contributed by atoms with Gasteiger partial charge in [0.15, 0.2) is 0 Å². The summed E-state index contributed by atoms with van der Waals surface area (Å²) in [6.45, 7) is 1.80. The van der Waals surface area contributed by atoms with Crippen LogP contribution >= 0.6 is 0 Å². The molecule has 192 valence electrons. The molecule has 11 nitrogen and oxygen atoms in total. The van der Waals surface area contributed by atoms with Crippen molar-refractivity contribution < 1.29 is 29.1 Å². The van der Waals surface area contributed by atoms with Crippen LogP contribution in [0.5, 0.6) is 0 Å². The number of hydrogen-bond acceptors (Lipinski definition) is 6. The maximum absolute atomic E-state index is 13.0. The molecule has 0 heterocycles. The molecule has 36 heavy (non-hydrogen) atoms. The van der Waals surface area contributed by atoms with Crippen LogP contribution in [-0.2, 0) is 19.2 Å². The summed E-state index contributed by atoms with van der Waals surface area (Å²) in [5.74, 6) is -3.73. The molecule has 2 atom stereocenters. The highest BCUT2D eigenvalue weighted by molar-refractivity contribution is 6.05. The van der Waals surface area contributed by atoms with Crippen molar-refractivity contribution in [3.63, 3.8) is 0 Å². The minimum absolute atomic E-state index is 0.150. The fraction of sp³-hybridized carbons (Fsp3) is 0.320. The molecule has 0 aromatic heterocycles. The molecule has 0 unspecified atom stereocenters. The van der Waals surface area contributed by atoms with Crippen LogP contribution in [0.1, 0.15) is 43.0 Å². The van der Waals surface area contributed by atoms with Gasteiger partial charge in [-0.1, -0.05) is 30.3 Å². The van der Waals surface area contributed by atoms with Gasteiger partial charge in [0.1, 0.15) is 12.1 Å². The summed E-state index contributed by atoms with van der Waals surface area (Å²) in [5.41, 5.74) is 12.4. The number of nitrogens with one attached hydrogen (secondary N) is 3. The zero-order chi connectivity index (χ0) is 26.7. The van der Waals surface area contributed by atoms with Crippen LogP contribution in [-0.4, -0.2) is 53.3 Å². The Morgan fingerprint density at radius 2 is 1.64 bits per heavy atom. The molecule has 4 amide bonds. The molecule has 0 aliphatic carbocycles. The smallest absolute Gasteiger partial charge is 0.305 e. The van der Waals surface area contributed by atoms with Gasteiger partial charge in [0, 0.05) is 18.2 Å². The lowest BCUT2D eigenvalue weighted by Crippen LogP contribution is -2.45. The Balaban J connectivity index is 2.36. The summed E-state index contributed by atoms with van der Waals surface area (Å²) in [4.78, 5) is 60.1. The molecule has 2 rings (SSSR count). The zero-order valence-electron chi connectivity index (χ0n) is 20.0. The molecule has 0 saturated heterocycles. The van der Waals surface area contributed by atoms with E-state index >= 15 is 0 Å². The van der Waals surface area contributed by atoms with Crippen LogP contribution in [0.25, 0.3) is 11.1 Å². The third-order valence-corrected chi connectivity index (χ3v) is 5.28. The molecule has 8 N–H and O–H groups in total. The highest BCUT2D eigenvalue weighted by atomic mass is 16.4. The summed E-state index contributed by atoms with van der Waals surface area (Å²) < 4.78 is 0. The predicted octanol–water partition coefficient (Wildman–Crippen LogP) is 0.984. The van der Waals surface area contributed by atoms with Crippen LogP contribution in [0, 0.1) is 0 Å². The number of carboxylic acid groups (broad SMARTS) is 1. The van der Waals surface area contributed by atoms with E-state index in [9.17, 15) is 24.0 Å². The van der Waals surface area contributed by atoms with E-state index in [1.807, 2.05) is 0 Å². The highest BCUT2D eigenvalue weighted by Crippen LogP contribution is 2.27. The van der Waals surface area contributed by atoms with Gasteiger partial charge in [0.05, 0.1) is 6.42 Å². The maximum Gasteiger partial charge on any atom is 0.305 e. The summed E-state index contributed by atoms with van der Waals surface area (Å²) in [7, 11) is 0. The Labute approximate surface area is 208 Å². The Kier molecular flexibility index (Phi) is 10.6. The number of anilines is 1. The molecular formula is C25H31N5O6. The summed E-state index contributed by atoms with van der Waals surface area (Å²) in [6, 6.07) is 11.2. The van der Waals surface area contributed by atoms with E-state index in [0.29, 0.717) is 42.6 Å². The first kappa shape index (κ1) is 28.0. The van der Waals surface area contributed by atoms with Crippen molar-refractivity contribution in [1.82, 2.24) is 10.6 Å². The second kappa shape index (κ2) is 13.6. The van der Waals surface area contributed by atoms with E-state index in [4.69, 9.17) is 16.6 Å². The fourth-order valence-corrected chi connectivity index (χ4v) is 3.55. The Morgan fingerprint density at radius 1 is 0.944 bits per heavy atom. The van der Waals surface area contributed by atoms with Gasteiger partial charge in [-0.05, 0) is 55.1 Å². The second-order valence-electron chi connectivity index (χ2n) is 8.18. The number of rotatable bonds is 13. The molecule has 0 spiro atoms. The number of primary amides is 1. The summed E-state index contributed by atoms with van der Waals surface area (Å²) in [6.07, 6.45) is 1.11. The molecule has 0 saturated carbocycles. The van der Waals surface area contributed by atoms with Crippen molar-refractivity contribution in [2.24, 2.45) is 11.5 Å². The first-order valence-electron chi connectivity index (χ1n) is 11.4. The van der Waals surface area contributed by atoms with E-state index in [-0.39, 0.29) is 11.5 Å².